The van der Waals surface area contributed by atoms with Gasteiger partial charge in [0, 0.05) is 0 Å². The predicted molar refractivity (Wildman–Crippen MR) is 43.5 cm³/mol. The molecule has 0 aliphatic rings. The zero-order valence-corrected chi connectivity index (χ0v) is 7.03. The summed E-state index contributed by atoms with van der Waals surface area (Å²) in [7, 11) is 0. The Morgan fingerprint density at radius 1 is 1.07 bits per heavy atom. The first-order chi connectivity index (χ1) is 6.38. The zero-order chi connectivity index (χ0) is 11.7. The van der Waals surface area contributed by atoms with E-state index >= 15 is 0 Å². The molecule has 14 heavy (non-hydrogen) atoms. The number of aldehydes is 1. The summed E-state index contributed by atoms with van der Waals surface area (Å²) in [5.41, 5.74) is 0. The van der Waals surface area contributed by atoms with E-state index in [1.807, 2.05) is 0 Å². The highest BCUT2D eigenvalue weighted by atomic mass is 16.4. The van der Waals surface area contributed by atoms with Gasteiger partial charge in [-0.25, -0.2) is 9.59 Å². The summed E-state index contributed by atoms with van der Waals surface area (Å²) >= 11 is 0. The summed E-state index contributed by atoms with van der Waals surface area (Å²) in [6, 6.07) is 0. The molecular weight excluding hydrogens is 196 g/mol. The van der Waals surface area contributed by atoms with Crippen molar-refractivity contribution in [3.63, 3.8) is 0 Å². The van der Waals surface area contributed by atoms with Gasteiger partial charge in [-0.1, -0.05) is 6.58 Å². The van der Waals surface area contributed by atoms with Crippen molar-refractivity contribution in [1.82, 2.24) is 0 Å². The molecule has 0 heterocycles. The van der Waals surface area contributed by atoms with Crippen molar-refractivity contribution < 1.29 is 34.8 Å². The maximum absolute atomic E-state index is 9.77. The van der Waals surface area contributed by atoms with Crippen LogP contribution in [0.1, 0.15) is 0 Å². The Balaban J connectivity index is 0. The third-order valence-corrected chi connectivity index (χ3v) is 0.901. The van der Waals surface area contributed by atoms with Crippen LogP contribution in [-0.4, -0.2) is 50.9 Å². The molecular formula is C7H10O7. The number of allylic oxidation sites excluding steroid dienone is 1. The molecule has 0 aliphatic carbocycles. The van der Waals surface area contributed by atoms with Crippen LogP contribution >= 0.6 is 0 Å². The van der Waals surface area contributed by atoms with Crippen LogP contribution in [0.4, 0.5) is 0 Å². The number of aliphatic hydroxyl groups excluding tert-OH is 2. The molecule has 7 heteroatoms. The normalized spacial score (nSPS) is 12.7. The SMILES string of the molecule is C=CC=O.O=C(O)[C@H](O)[C@@H](O)C(=O)O. The highest BCUT2D eigenvalue weighted by Gasteiger charge is 2.29. The highest BCUT2D eigenvalue weighted by Crippen LogP contribution is 1.92. The fourth-order valence-corrected chi connectivity index (χ4v) is 0.270. The molecule has 0 amide bonds. The monoisotopic (exact) mass is 206 g/mol. The van der Waals surface area contributed by atoms with Gasteiger partial charge in [-0.05, 0) is 6.08 Å². The second-order valence-corrected chi connectivity index (χ2v) is 1.94. The number of carbonyl (C=O) groups excluding carboxylic acids is 1. The molecule has 7 nitrogen and oxygen atoms in total. The van der Waals surface area contributed by atoms with Gasteiger partial charge in [0.15, 0.2) is 12.2 Å². The minimum Gasteiger partial charge on any atom is -0.479 e. The molecule has 0 aromatic rings. The second-order valence-electron chi connectivity index (χ2n) is 1.94. The third-order valence-electron chi connectivity index (χ3n) is 0.901. The van der Waals surface area contributed by atoms with Gasteiger partial charge in [-0.2, -0.15) is 0 Å². The molecule has 4 N–H and O–H groups in total. The minimum atomic E-state index is -2.27. The van der Waals surface area contributed by atoms with Crippen molar-refractivity contribution in [3.8, 4) is 0 Å². The summed E-state index contributed by atoms with van der Waals surface area (Å²) < 4.78 is 0. The molecule has 0 rings (SSSR count). The number of rotatable bonds is 4. The molecule has 0 aliphatic heterocycles. The van der Waals surface area contributed by atoms with Crippen LogP contribution in [-0.2, 0) is 14.4 Å². The molecule has 0 fully saturated rings. The van der Waals surface area contributed by atoms with Crippen LogP contribution in [0.25, 0.3) is 0 Å². The summed E-state index contributed by atoms with van der Waals surface area (Å²) in [4.78, 5) is 28.6. The van der Waals surface area contributed by atoms with E-state index in [9.17, 15) is 9.59 Å². The average molecular weight is 206 g/mol. The third kappa shape index (κ3) is 6.95. The van der Waals surface area contributed by atoms with E-state index < -0.39 is 24.1 Å². The lowest BCUT2D eigenvalue weighted by Crippen LogP contribution is -2.39. The lowest BCUT2D eigenvalue weighted by Gasteiger charge is -2.07. The average Bonchev–Trinajstić information content (AvgIpc) is 2.15. The van der Waals surface area contributed by atoms with E-state index in [2.05, 4.69) is 6.58 Å². The number of carboxylic acids is 2. The molecule has 0 spiro atoms. The Morgan fingerprint density at radius 2 is 1.29 bits per heavy atom. The molecule has 0 aromatic carbocycles. The van der Waals surface area contributed by atoms with E-state index in [-0.39, 0.29) is 0 Å². The first-order valence-electron chi connectivity index (χ1n) is 3.26. The van der Waals surface area contributed by atoms with Crippen LogP contribution in [0.15, 0.2) is 12.7 Å². The molecule has 0 saturated heterocycles. The Morgan fingerprint density at radius 3 is 1.36 bits per heavy atom. The summed E-state index contributed by atoms with van der Waals surface area (Å²) in [5.74, 6) is -3.54. The number of hydrogen-bond acceptors (Lipinski definition) is 5. The molecule has 2 atom stereocenters. The number of hydrogen-bond donors (Lipinski definition) is 4. The van der Waals surface area contributed by atoms with Crippen LogP contribution in [0, 0.1) is 0 Å². The van der Waals surface area contributed by atoms with Crippen molar-refractivity contribution in [2.45, 2.75) is 12.2 Å². The largest absolute Gasteiger partial charge is 0.479 e. The Bertz CT molecular complexity index is 198. The van der Waals surface area contributed by atoms with Gasteiger partial charge in [0.1, 0.15) is 6.29 Å². The predicted octanol–water partition coefficient (Wildman–Crippen LogP) is -1.75. The van der Waals surface area contributed by atoms with Gasteiger partial charge >= 0.3 is 11.9 Å². The smallest absolute Gasteiger partial charge is 0.335 e. The number of carbonyl (C=O) groups is 3. The number of aliphatic hydroxyl groups is 2. The van der Waals surface area contributed by atoms with E-state index in [0.29, 0.717) is 6.29 Å². The second kappa shape index (κ2) is 7.90. The van der Waals surface area contributed by atoms with Crippen molar-refractivity contribution >= 4 is 18.2 Å². The topological polar surface area (TPSA) is 132 Å². The molecule has 0 bridgehead atoms. The van der Waals surface area contributed by atoms with Crippen molar-refractivity contribution in [1.29, 1.82) is 0 Å². The van der Waals surface area contributed by atoms with Crippen molar-refractivity contribution in [2.24, 2.45) is 0 Å². The summed E-state index contributed by atoms with van der Waals surface area (Å²) in [5, 5.41) is 32.5. The van der Waals surface area contributed by atoms with Crippen LogP contribution < -0.4 is 0 Å². The Kier molecular flexibility index (Phi) is 8.33. The minimum absolute atomic E-state index is 0.639. The fraction of sp³-hybridized carbons (Fsp3) is 0.286. The van der Waals surface area contributed by atoms with Gasteiger partial charge in [-0.3, -0.25) is 4.79 Å². The molecule has 0 aromatic heterocycles. The number of carboxylic acid groups (broad SMARTS) is 2. The number of aliphatic carboxylic acids is 2. The van der Waals surface area contributed by atoms with E-state index in [4.69, 9.17) is 25.2 Å². The summed E-state index contributed by atoms with van der Waals surface area (Å²) in [6.45, 7) is 3.11. The van der Waals surface area contributed by atoms with E-state index in [1.165, 1.54) is 6.08 Å². The quantitative estimate of drug-likeness (QED) is 0.316. The van der Waals surface area contributed by atoms with Gasteiger partial charge in [0.05, 0.1) is 0 Å². The summed E-state index contributed by atoms with van der Waals surface area (Å²) in [6.07, 6.45) is -2.70. The highest BCUT2D eigenvalue weighted by molar-refractivity contribution is 5.83. The van der Waals surface area contributed by atoms with Crippen LogP contribution in [0.5, 0.6) is 0 Å². The molecule has 80 valence electrons. The van der Waals surface area contributed by atoms with E-state index in [0.717, 1.165) is 0 Å². The standard InChI is InChI=1S/C4H6O6.C3H4O/c5-1(3(7)8)2(6)4(9)10;1-2-3-4/h1-2,5-6H,(H,7,8)(H,9,10);2-3H,1H2/t1-,2-;/m1./s1. The van der Waals surface area contributed by atoms with Gasteiger partial charge in [0.25, 0.3) is 0 Å². The zero-order valence-electron chi connectivity index (χ0n) is 7.03. The van der Waals surface area contributed by atoms with Crippen LogP contribution in [0.2, 0.25) is 0 Å². The van der Waals surface area contributed by atoms with Crippen molar-refractivity contribution in [3.05, 3.63) is 12.7 Å². The first kappa shape index (κ1) is 14.8. The van der Waals surface area contributed by atoms with Crippen LogP contribution in [0.3, 0.4) is 0 Å². The molecule has 0 unspecified atom stereocenters. The maximum atomic E-state index is 9.77. The molecule has 0 saturated carbocycles. The fourth-order valence-electron chi connectivity index (χ4n) is 0.270. The lowest BCUT2D eigenvalue weighted by atomic mass is 10.2. The van der Waals surface area contributed by atoms with Gasteiger partial charge in [0.2, 0.25) is 0 Å². The Hall–Kier alpha value is -1.73. The molecule has 0 radical (unpaired) electrons. The lowest BCUT2D eigenvalue weighted by molar-refractivity contribution is -0.165. The van der Waals surface area contributed by atoms with Gasteiger partial charge < -0.3 is 20.4 Å². The maximum Gasteiger partial charge on any atom is 0.335 e. The Labute approximate surface area is 78.9 Å². The van der Waals surface area contributed by atoms with Crippen molar-refractivity contribution in [2.75, 3.05) is 0 Å². The van der Waals surface area contributed by atoms with Gasteiger partial charge in [-0.15, -0.1) is 0 Å². The van der Waals surface area contributed by atoms with E-state index in [1.54, 1.807) is 0 Å². The first-order valence-corrected chi connectivity index (χ1v) is 3.26.